The van der Waals surface area contributed by atoms with Gasteiger partial charge in [0, 0.05) is 18.1 Å². The molecule has 1 aliphatic rings. The van der Waals surface area contributed by atoms with Crippen molar-refractivity contribution in [2.75, 3.05) is 27.9 Å². The van der Waals surface area contributed by atoms with Crippen LogP contribution in [0.15, 0.2) is 41.3 Å². The zero-order chi connectivity index (χ0) is 23.3. The molecule has 0 aromatic heterocycles. The number of amides is 1. The van der Waals surface area contributed by atoms with Crippen LogP contribution in [0.2, 0.25) is 5.02 Å². The molecular formula is C22H27ClN2O6S. The molecule has 32 heavy (non-hydrogen) atoms. The summed E-state index contributed by atoms with van der Waals surface area (Å²) < 4.78 is 43.7. The summed E-state index contributed by atoms with van der Waals surface area (Å²) in [5, 5.41) is 3.30. The van der Waals surface area contributed by atoms with Crippen LogP contribution in [0.25, 0.3) is 0 Å². The van der Waals surface area contributed by atoms with Crippen molar-refractivity contribution in [3.63, 3.8) is 0 Å². The fourth-order valence-electron chi connectivity index (χ4n) is 3.74. The Kier molecular flexibility index (Phi) is 7.86. The monoisotopic (exact) mass is 482 g/mol. The maximum absolute atomic E-state index is 13.2. The van der Waals surface area contributed by atoms with E-state index in [0.29, 0.717) is 35.1 Å². The van der Waals surface area contributed by atoms with E-state index in [1.807, 2.05) is 0 Å². The first-order chi connectivity index (χ1) is 15.3. The van der Waals surface area contributed by atoms with Crippen LogP contribution in [-0.2, 0) is 21.4 Å². The SMILES string of the molecule is COc1cc(CNC(=O)[C@@H]2CCCCN2S(=O)(=O)c2ccc(Cl)cc2)cc(OC)c1OC. The van der Waals surface area contributed by atoms with Crippen molar-refractivity contribution >= 4 is 27.5 Å². The third-order valence-electron chi connectivity index (χ3n) is 5.37. The molecule has 1 amide bonds. The first-order valence-electron chi connectivity index (χ1n) is 10.2. The zero-order valence-corrected chi connectivity index (χ0v) is 19.8. The molecule has 1 saturated heterocycles. The van der Waals surface area contributed by atoms with Crippen LogP contribution in [0.4, 0.5) is 0 Å². The van der Waals surface area contributed by atoms with Gasteiger partial charge < -0.3 is 19.5 Å². The van der Waals surface area contributed by atoms with Crippen LogP contribution in [0.5, 0.6) is 17.2 Å². The molecule has 0 radical (unpaired) electrons. The highest BCUT2D eigenvalue weighted by molar-refractivity contribution is 7.89. The minimum absolute atomic E-state index is 0.117. The number of carbonyl (C=O) groups excluding carboxylic acids is 1. The van der Waals surface area contributed by atoms with Gasteiger partial charge >= 0.3 is 0 Å². The summed E-state index contributed by atoms with van der Waals surface area (Å²) in [5.74, 6) is 1.05. The van der Waals surface area contributed by atoms with Crippen LogP contribution in [0.3, 0.4) is 0 Å². The fraction of sp³-hybridized carbons (Fsp3) is 0.409. The molecule has 0 saturated carbocycles. The van der Waals surface area contributed by atoms with E-state index in [4.69, 9.17) is 25.8 Å². The third-order valence-corrected chi connectivity index (χ3v) is 7.54. The Morgan fingerprint density at radius 3 is 2.25 bits per heavy atom. The molecule has 3 rings (SSSR count). The molecule has 1 atom stereocenters. The number of halogens is 1. The van der Waals surface area contributed by atoms with Gasteiger partial charge in [-0.25, -0.2) is 8.42 Å². The van der Waals surface area contributed by atoms with E-state index in [-0.39, 0.29) is 23.9 Å². The molecule has 0 aliphatic carbocycles. The number of benzene rings is 2. The second-order valence-electron chi connectivity index (χ2n) is 7.33. The van der Waals surface area contributed by atoms with Crippen molar-refractivity contribution in [3.8, 4) is 17.2 Å². The van der Waals surface area contributed by atoms with Crippen LogP contribution in [0, 0.1) is 0 Å². The number of nitrogens with one attached hydrogen (secondary N) is 1. The summed E-state index contributed by atoms with van der Waals surface area (Å²) in [5.41, 5.74) is 0.732. The topological polar surface area (TPSA) is 94.2 Å². The number of hydrogen-bond acceptors (Lipinski definition) is 6. The molecule has 1 aliphatic heterocycles. The second-order valence-corrected chi connectivity index (χ2v) is 9.66. The summed E-state index contributed by atoms with van der Waals surface area (Å²) >= 11 is 5.89. The molecular weight excluding hydrogens is 456 g/mol. The molecule has 8 nitrogen and oxygen atoms in total. The smallest absolute Gasteiger partial charge is 0.243 e. The van der Waals surface area contributed by atoms with Crippen molar-refractivity contribution < 1.29 is 27.4 Å². The van der Waals surface area contributed by atoms with E-state index in [9.17, 15) is 13.2 Å². The molecule has 1 fully saturated rings. The normalized spacial score (nSPS) is 16.9. The largest absolute Gasteiger partial charge is 0.493 e. The van der Waals surface area contributed by atoms with E-state index < -0.39 is 16.1 Å². The summed E-state index contributed by atoms with van der Waals surface area (Å²) in [6, 6.07) is 8.66. The average Bonchev–Trinajstić information content (AvgIpc) is 2.81. The van der Waals surface area contributed by atoms with Gasteiger partial charge in [-0.1, -0.05) is 18.0 Å². The molecule has 0 bridgehead atoms. The van der Waals surface area contributed by atoms with Gasteiger partial charge in [0.25, 0.3) is 0 Å². The van der Waals surface area contributed by atoms with E-state index in [1.165, 1.54) is 49.9 Å². The molecule has 10 heteroatoms. The number of piperidine rings is 1. The predicted octanol–water partition coefficient (Wildman–Crippen LogP) is 3.23. The van der Waals surface area contributed by atoms with Crippen molar-refractivity contribution in [1.82, 2.24) is 9.62 Å². The van der Waals surface area contributed by atoms with E-state index in [1.54, 1.807) is 12.1 Å². The first kappa shape index (κ1) is 24.2. The van der Waals surface area contributed by atoms with Crippen molar-refractivity contribution in [3.05, 3.63) is 47.0 Å². The summed E-state index contributed by atoms with van der Waals surface area (Å²) in [6.07, 6.45) is 1.92. The molecule has 2 aromatic rings. The minimum atomic E-state index is -3.83. The lowest BCUT2D eigenvalue weighted by Gasteiger charge is -2.33. The second kappa shape index (κ2) is 10.4. The summed E-state index contributed by atoms with van der Waals surface area (Å²) in [7, 11) is 0.716. The number of methoxy groups -OCH3 is 3. The van der Waals surface area contributed by atoms with Gasteiger partial charge in [0.15, 0.2) is 11.5 Å². The lowest BCUT2D eigenvalue weighted by Crippen LogP contribution is -2.51. The zero-order valence-electron chi connectivity index (χ0n) is 18.3. The fourth-order valence-corrected chi connectivity index (χ4v) is 5.52. The maximum Gasteiger partial charge on any atom is 0.243 e. The van der Waals surface area contributed by atoms with Crippen LogP contribution in [0.1, 0.15) is 24.8 Å². The molecule has 0 spiro atoms. The van der Waals surface area contributed by atoms with Gasteiger partial charge in [-0.3, -0.25) is 4.79 Å². The molecule has 2 aromatic carbocycles. The van der Waals surface area contributed by atoms with Crippen LogP contribution in [-0.4, -0.2) is 52.5 Å². The van der Waals surface area contributed by atoms with Gasteiger partial charge in [-0.15, -0.1) is 0 Å². The first-order valence-corrected chi connectivity index (χ1v) is 12.0. The van der Waals surface area contributed by atoms with E-state index in [0.717, 1.165) is 12.0 Å². The highest BCUT2D eigenvalue weighted by Gasteiger charge is 2.37. The highest BCUT2D eigenvalue weighted by Crippen LogP contribution is 2.38. The van der Waals surface area contributed by atoms with Crippen molar-refractivity contribution in [1.29, 1.82) is 0 Å². The lowest BCUT2D eigenvalue weighted by molar-refractivity contribution is -0.125. The predicted molar refractivity (Wildman–Crippen MR) is 121 cm³/mol. The number of ether oxygens (including phenoxy) is 3. The molecule has 1 heterocycles. The molecule has 1 N–H and O–H groups in total. The quantitative estimate of drug-likeness (QED) is 0.620. The molecule has 0 unspecified atom stereocenters. The van der Waals surface area contributed by atoms with Gasteiger partial charge in [-0.05, 0) is 54.8 Å². The number of nitrogens with zero attached hydrogens (tertiary/aromatic N) is 1. The van der Waals surface area contributed by atoms with Gasteiger partial charge in [-0.2, -0.15) is 4.31 Å². The van der Waals surface area contributed by atoms with Crippen molar-refractivity contribution in [2.24, 2.45) is 0 Å². The lowest BCUT2D eigenvalue weighted by atomic mass is 10.0. The van der Waals surface area contributed by atoms with Crippen LogP contribution >= 0.6 is 11.6 Å². The maximum atomic E-state index is 13.2. The Morgan fingerprint density at radius 1 is 1.06 bits per heavy atom. The van der Waals surface area contributed by atoms with E-state index >= 15 is 0 Å². The van der Waals surface area contributed by atoms with Gasteiger partial charge in [0.2, 0.25) is 21.7 Å². The Morgan fingerprint density at radius 2 is 1.69 bits per heavy atom. The number of carbonyl (C=O) groups is 1. The Hall–Kier alpha value is -2.49. The average molecular weight is 483 g/mol. The van der Waals surface area contributed by atoms with E-state index in [2.05, 4.69) is 5.32 Å². The van der Waals surface area contributed by atoms with Crippen LogP contribution < -0.4 is 19.5 Å². The highest BCUT2D eigenvalue weighted by atomic mass is 35.5. The third kappa shape index (κ3) is 5.11. The Labute approximate surface area is 193 Å². The summed E-state index contributed by atoms with van der Waals surface area (Å²) in [6.45, 7) is 0.466. The van der Waals surface area contributed by atoms with Gasteiger partial charge in [0.1, 0.15) is 6.04 Å². The minimum Gasteiger partial charge on any atom is -0.493 e. The number of rotatable bonds is 8. The Balaban J connectivity index is 1.78. The standard InChI is InChI=1S/C22H27ClN2O6S/c1-29-19-12-15(13-20(30-2)21(19)31-3)14-24-22(26)18-6-4-5-11-25(18)32(27,28)17-9-7-16(23)8-10-17/h7-10,12-13,18H,4-6,11,14H2,1-3H3,(H,24,26)/t18-/m0/s1. The Bertz CT molecular complexity index is 1030. The van der Waals surface area contributed by atoms with Gasteiger partial charge in [0.05, 0.1) is 26.2 Å². The number of hydrogen-bond donors (Lipinski definition) is 1. The molecule has 174 valence electrons. The van der Waals surface area contributed by atoms with Crippen molar-refractivity contribution in [2.45, 2.75) is 36.7 Å². The summed E-state index contributed by atoms with van der Waals surface area (Å²) in [4.78, 5) is 13.1. The number of sulfonamides is 1.